The average molecular weight is 666 g/mol. The Balaban J connectivity index is 1.43. The van der Waals surface area contributed by atoms with Crippen molar-refractivity contribution >= 4 is 53.3 Å². The summed E-state index contributed by atoms with van der Waals surface area (Å²) in [6, 6.07) is 31.9. The van der Waals surface area contributed by atoms with E-state index in [1.165, 1.54) is 28.0 Å². The number of benzene rings is 7. The van der Waals surface area contributed by atoms with Crippen LogP contribution in [0.15, 0.2) is 170 Å². The van der Waals surface area contributed by atoms with Crippen LogP contribution in [0.2, 0.25) is 0 Å². The van der Waals surface area contributed by atoms with Gasteiger partial charge in [0.15, 0.2) is 17.5 Å². The summed E-state index contributed by atoms with van der Waals surface area (Å²) in [5, 5.41) is 1.91. The van der Waals surface area contributed by atoms with Crippen molar-refractivity contribution in [3.05, 3.63) is 170 Å². The van der Waals surface area contributed by atoms with E-state index in [0.717, 1.165) is 20.2 Å². The van der Waals surface area contributed by atoms with Crippen molar-refractivity contribution in [1.82, 2.24) is 19.5 Å². The first kappa shape index (κ1) is 20.8. The summed E-state index contributed by atoms with van der Waals surface area (Å²) in [4.78, 5) is 14.7. The van der Waals surface area contributed by atoms with Crippen LogP contribution >= 0.6 is 11.3 Å². The molecule has 10 aromatic rings. The van der Waals surface area contributed by atoms with Gasteiger partial charge in [0.25, 0.3) is 0 Å². The van der Waals surface area contributed by atoms with Gasteiger partial charge >= 0.3 is 0 Å². The van der Waals surface area contributed by atoms with Crippen LogP contribution in [0.4, 0.5) is 0 Å². The molecule has 0 atom stereocenters. The van der Waals surface area contributed by atoms with Gasteiger partial charge in [-0.3, -0.25) is 0 Å². The molecule has 0 aliphatic carbocycles. The van der Waals surface area contributed by atoms with E-state index in [1.54, 1.807) is 0 Å². The number of nitrogens with zero attached hydrogens (tertiary/aromatic N) is 4. The Bertz CT molecular complexity index is 3260. The fourth-order valence-corrected chi connectivity index (χ4v) is 7.69. The van der Waals surface area contributed by atoms with Gasteiger partial charge in [-0.1, -0.05) is 139 Å². The zero-order valence-electron chi connectivity index (χ0n) is 35.2. The van der Waals surface area contributed by atoms with Gasteiger partial charge < -0.3 is 4.57 Å². The van der Waals surface area contributed by atoms with E-state index in [1.807, 2.05) is 103 Å². The van der Waals surface area contributed by atoms with Crippen molar-refractivity contribution < 1.29 is 12.3 Å². The Kier molecular flexibility index (Phi) is 4.84. The second-order valence-corrected chi connectivity index (χ2v) is 12.7. The second kappa shape index (κ2) is 11.6. The van der Waals surface area contributed by atoms with Crippen molar-refractivity contribution in [2.24, 2.45) is 0 Å². The van der Waals surface area contributed by atoms with E-state index < -0.39 is 0 Å². The highest BCUT2D eigenvalue weighted by Crippen LogP contribution is 2.42. The molecule has 0 unspecified atom stereocenters. The molecule has 0 amide bonds. The third-order valence-corrected chi connectivity index (χ3v) is 9.96. The zero-order valence-corrected chi connectivity index (χ0v) is 27.0. The first-order valence-electron chi connectivity index (χ1n) is 20.5. The Morgan fingerprint density at radius 1 is 0.460 bits per heavy atom. The summed E-state index contributed by atoms with van der Waals surface area (Å²) in [5.74, 6) is 0.480. The molecular formula is C45H28N4S. The number of hydrogen-bond donors (Lipinski definition) is 0. The van der Waals surface area contributed by atoms with E-state index in [0.29, 0.717) is 16.7 Å². The highest BCUT2D eigenvalue weighted by atomic mass is 32.1. The minimum absolute atomic E-state index is 0.00400. The number of rotatable bonds is 5. The van der Waals surface area contributed by atoms with Gasteiger partial charge in [0.05, 0.1) is 29.1 Å². The SMILES string of the molecule is [2H]c1cc([2H])c2c(c1[2H])c1c([2H])c([2H])cc([2H])c1n2-c1c([2H])c(-c2cccc3c2sc2ccccc23)c([2H])c([2H])c1-c1nc(-c2ccccc2)nc(-c2ccccc2)n1. The zero-order chi connectivity index (χ0) is 40.9. The summed E-state index contributed by atoms with van der Waals surface area (Å²) in [5.41, 5.74) is 1.84. The topological polar surface area (TPSA) is 43.6 Å². The molecule has 234 valence electrons. The van der Waals surface area contributed by atoms with Crippen LogP contribution in [0.1, 0.15) is 12.3 Å². The standard InChI is InChI=1S/C45H28N4S/c1-3-14-29(15-4-1)43-46-44(30-16-5-2-6-17-30)48-45(47-43)37-27-26-31(32-21-13-22-36-35-20-9-12-25-41(35)50-42(32)36)28-40(37)49-38-23-10-7-18-33(38)34-19-8-11-24-39(34)49/h1-28H/i7D,8D,18D,19D,23D,24D,26D,27D,28D. The summed E-state index contributed by atoms with van der Waals surface area (Å²) in [6.45, 7) is 0. The fraction of sp³-hybridized carbons (Fsp3) is 0. The molecule has 0 spiro atoms. The lowest BCUT2D eigenvalue weighted by Crippen LogP contribution is -2.04. The third-order valence-electron chi connectivity index (χ3n) is 8.74. The number of fused-ring (bicyclic) bond motifs is 6. The maximum Gasteiger partial charge on any atom is 0.166 e. The molecule has 5 heteroatoms. The molecule has 0 fully saturated rings. The van der Waals surface area contributed by atoms with Crippen LogP contribution in [0.3, 0.4) is 0 Å². The van der Waals surface area contributed by atoms with E-state index in [-0.39, 0.29) is 110 Å². The fourth-order valence-electron chi connectivity index (χ4n) is 6.46. The molecule has 0 saturated carbocycles. The maximum atomic E-state index is 10.2. The Morgan fingerprint density at radius 3 is 1.74 bits per heavy atom. The lowest BCUT2D eigenvalue weighted by atomic mass is 9.99. The van der Waals surface area contributed by atoms with Crippen molar-refractivity contribution in [3.63, 3.8) is 0 Å². The van der Waals surface area contributed by atoms with Gasteiger partial charge in [-0.15, -0.1) is 11.3 Å². The Labute approximate surface area is 305 Å². The molecule has 0 bridgehead atoms. The minimum atomic E-state index is -0.340. The van der Waals surface area contributed by atoms with Crippen LogP contribution < -0.4 is 0 Å². The lowest BCUT2D eigenvalue weighted by Gasteiger charge is -2.16. The van der Waals surface area contributed by atoms with Gasteiger partial charge in [0, 0.05) is 47.6 Å². The van der Waals surface area contributed by atoms with E-state index >= 15 is 0 Å². The second-order valence-electron chi connectivity index (χ2n) is 11.7. The van der Waals surface area contributed by atoms with E-state index in [2.05, 4.69) is 0 Å². The van der Waals surface area contributed by atoms with Crippen LogP contribution in [0.25, 0.3) is 93.0 Å². The predicted molar refractivity (Wildman–Crippen MR) is 209 cm³/mol. The predicted octanol–water partition coefficient (Wildman–Crippen LogP) is 12.0. The number of hydrogen-bond acceptors (Lipinski definition) is 4. The molecule has 3 aromatic heterocycles. The number of aromatic nitrogens is 4. The Morgan fingerprint density at radius 2 is 1.06 bits per heavy atom. The van der Waals surface area contributed by atoms with Crippen LogP contribution in [-0.4, -0.2) is 19.5 Å². The van der Waals surface area contributed by atoms with Crippen molar-refractivity contribution in [3.8, 4) is 51.0 Å². The molecule has 3 heterocycles. The number of para-hydroxylation sites is 2. The van der Waals surface area contributed by atoms with Gasteiger partial charge in [-0.25, -0.2) is 15.0 Å². The molecule has 0 saturated heterocycles. The molecule has 0 aliphatic heterocycles. The Hall–Kier alpha value is -6.43. The van der Waals surface area contributed by atoms with Crippen LogP contribution in [0, 0.1) is 0 Å². The molecular weight excluding hydrogens is 629 g/mol. The van der Waals surface area contributed by atoms with Gasteiger partial charge in [0.1, 0.15) is 0 Å². The molecule has 4 nitrogen and oxygen atoms in total. The third kappa shape index (κ3) is 4.63. The van der Waals surface area contributed by atoms with E-state index in [4.69, 9.17) is 20.4 Å². The molecule has 10 rings (SSSR count). The summed E-state index contributed by atoms with van der Waals surface area (Å²) in [6.07, 6.45) is 0. The molecule has 0 aliphatic rings. The molecule has 0 N–H and O–H groups in total. The van der Waals surface area contributed by atoms with Crippen LogP contribution in [-0.2, 0) is 0 Å². The van der Waals surface area contributed by atoms with E-state index in [9.17, 15) is 6.85 Å². The largest absolute Gasteiger partial charge is 0.308 e. The quantitative estimate of drug-likeness (QED) is 0.184. The maximum absolute atomic E-state index is 10.2. The van der Waals surface area contributed by atoms with Gasteiger partial charge in [-0.2, -0.15) is 0 Å². The monoisotopic (exact) mass is 665 g/mol. The smallest absolute Gasteiger partial charge is 0.166 e. The molecule has 0 radical (unpaired) electrons. The van der Waals surface area contributed by atoms with Gasteiger partial charge in [-0.05, 0) is 41.4 Å². The molecule has 7 aromatic carbocycles. The lowest BCUT2D eigenvalue weighted by molar-refractivity contribution is 1.06. The highest BCUT2D eigenvalue weighted by Gasteiger charge is 2.21. The minimum Gasteiger partial charge on any atom is -0.308 e. The first-order valence-corrected chi connectivity index (χ1v) is 16.8. The normalized spacial score (nSPS) is 14.1. The summed E-state index contributed by atoms with van der Waals surface area (Å²) >= 11 is 1.51. The summed E-state index contributed by atoms with van der Waals surface area (Å²) in [7, 11) is 0. The van der Waals surface area contributed by atoms with Crippen molar-refractivity contribution in [2.75, 3.05) is 0 Å². The summed E-state index contributed by atoms with van der Waals surface area (Å²) < 4.78 is 86.9. The van der Waals surface area contributed by atoms with Gasteiger partial charge in [0.2, 0.25) is 0 Å². The van der Waals surface area contributed by atoms with Crippen LogP contribution in [0.5, 0.6) is 0 Å². The van der Waals surface area contributed by atoms with Crippen molar-refractivity contribution in [2.45, 2.75) is 0 Å². The average Bonchev–Trinajstić information content (AvgIpc) is 3.82. The first-order chi connectivity index (χ1) is 28.5. The van der Waals surface area contributed by atoms with Crippen molar-refractivity contribution in [1.29, 1.82) is 0 Å². The highest BCUT2D eigenvalue weighted by molar-refractivity contribution is 7.26. The molecule has 50 heavy (non-hydrogen) atoms. The number of thiophene rings is 1.